The van der Waals surface area contributed by atoms with Crippen molar-refractivity contribution >= 4 is 34.8 Å². The van der Waals surface area contributed by atoms with Crippen molar-refractivity contribution in [1.82, 2.24) is 10.2 Å². The van der Waals surface area contributed by atoms with E-state index in [9.17, 15) is 9.59 Å². The second kappa shape index (κ2) is 8.06. The number of amides is 2. The van der Waals surface area contributed by atoms with E-state index < -0.39 is 0 Å². The summed E-state index contributed by atoms with van der Waals surface area (Å²) in [4.78, 5) is 25.5. The molecule has 0 aromatic heterocycles. The fourth-order valence-electron chi connectivity index (χ4n) is 2.70. The maximum atomic E-state index is 12.1. The summed E-state index contributed by atoms with van der Waals surface area (Å²) in [6.45, 7) is 0. The highest BCUT2D eigenvalue weighted by Crippen LogP contribution is 2.23. The first kappa shape index (κ1) is 17.4. The van der Waals surface area contributed by atoms with Crippen LogP contribution < -0.4 is 10.6 Å². The van der Waals surface area contributed by atoms with E-state index in [1.54, 1.807) is 38.4 Å². The molecule has 6 heteroatoms. The number of nitrogens with one attached hydrogen (secondary N) is 2. The zero-order valence-electron chi connectivity index (χ0n) is 13.6. The Labute approximate surface area is 142 Å². The number of benzene rings is 1. The highest BCUT2D eigenvalue weighted by atomic mass is 32.1. The summed E-state index contributed by atoms with van der Waals surface area (Å²) in [5.74, 6) is 0.0231. The van der Waals surface area contributed by atoms with Crippen molar-refractivity contribution in [3.8, 4) is 0 Å². The van der Waals surface area contributed by atoms with Gasteiger partial charge < -0.3 is 15.5 Å². The van der Waals surface area contributed by atoms with E-state index in [0.29, 0.717) is 10.7 Å². The number of carbonyl (C=O) groups is 2. The third kappa shape index (κ3) is 5.03. The van der Waals surface area contributed by atoms with Crippen molar-refractivity contribution in [2.24, 2.45) is 5.92 Å². The molecule has 1 aliphatic rings. The molecule has 5 nitrogen and oxygen atoms in total. The summed E-state index contributed by atoms with van der Waals surface area (Å²) in [5, 5.41) is 6.04. The quantitative estimate of drug-likeness (QED) is 0.835. The fraction of sp³-hybridized carbons (Fsp3) is 0.471. The number of nitrogens with zero attached hydrogens (tertiary/aromatic N) is 1. The lowest BCUT2D eigenvalue weighted by molar-refractivity contribution is -0.124. The first-order chi connectivity index (χ1) is 11.0. The molecule has 0 aliphatic heterocycles. The molecule has 2 N–H and O–H groups in total. The average molecular weight is 333 g/mol. The molecule has 0 atom stereocenters. The highest BCUT2D eigenvalue weighted by molar-refractivity contribution is 7.80. The smallest absolute Gasteiger partial charge is 0.253 e. The number of carbonyl (C=O) groups excluding carboxylic acids is 2. The minimum absolute atomic E-state index is 0.00149. The molecule has 0 radical (unpaired) electrons. The van der Waals surface area contributed by atoms with Gasteiger partial charge in [0.2, 0.25) is 5.91 Å². The Morgan fingerprint density at radius 2 is 1.70 bits per heavy atom. The molecule has 1 aromatic carbocycles. The molecule has 1 fully saturated rings. The predicted octanol–water partition coefficient (Wildman–Crippen LogP) is 2.78. The van der Waals surface area contributed by atoms with Crippen molar-refractivity contribution in [3.63, 3.8) is 0 Å². The zero-order valence-corrected chi connectivity index (χ0v) is 14.4. The third-order valence-electron chi connectivity index (χ3n) is 4.01. The zero-order chi connectivity index (χ0) is 16.8. The molecule has 1 aliphatic carbocycles. The van der Waals surface area contributed by atoms with E-state index >= 15 is 0 Å². The van der Waals surface area contributed by atoms with Crippen molar-refractivity contribution < 1.29 is 9.59 Å². The summed E-state index contributed by atoms with van der Waals surface area (Å²) >= 11 is 5.19. The Morgan fingerprint density at radius 3 is 2.26 bits per heavy atom. The van der Waals surface area contributed by atoms with E-state index in [1.807, 2.05) is 0 Å². The Kier molecular flexibility index (Phi) is 6.10. The number of rotatable bonds is 3. The number of thiocarbonyl (C=S) groups is 1. The van der Waals surface area contributed by atoms with E-state index in [2.05, 4.69) is 10.6 Å². The molecule has 23 heavy (non-hydrogen) atoms. The van der Waals surface area contributed by atoms with Crippen LogP contribution in [0.2, 0.25) is 0 Å². The second-order valence-corrected chi connectivity index (χ2v) is 6.46. The fourth-order valence-corrected chi connectivity index (χ4v) is 2.91. The van der Waals surface area contributed by atoms with Crippen LogP contribution in [0, 0.1) is 5.92 Å². The molecule has 1 aromatic rings. The van der Waals surface area contributed by atoms with Crippen molar-refractivity contribution in [1.29, 1.82) is 0 Å². The van der Waals surface area contributed by atoms with E-state index in [0.717, 1.165) is 31.4 Å². The van der Waals surface area contributed by atoms with Gasteiger partial charge in [-0.05, 0) is 49.3 Å². The molecule has 2 rings (SSSR count). The van der Waals surface area contributed by atoms with Crippen LogP contribution in [0.4, 0.5) is 5.69 Å². The van der Waals surface area contributed by atoms with Crippen LogP contribution in [0.5, 0.6) is 0 Å². The van der Waals surface area contributed by atoms with Crippen LogP contribution in [0.15, 0.2) is 24.3 Å². The first-order valence-corrected chi connectivity index (χ1v) is 8.32. The normalized spacial score (nSPS) is 14.9. The summed E-state index contributed by atoms with van der Waals surface area (Å²) in [6, 6.07) is 7.01. The Morgan fingerprint density at radius 1 is 1.09 bits per heavy atom. The van der Waals surface area contributed by atoms with Gasteiger partial charge in [-0.25, -0.2) is 0 Å². The molecule has 0 bridgehead atoms. The van der Waals surface area contributed by atoms with Gasteiger partial charge in [0, 0.05) is 31.3 Å². The van der Waals surface area contributed by atoms with Gasteiger partial charge in [-0.2, -0.15) is 0 Å². The van der Waals surface area contributed by atoms with Crippen LogP contribution in [0.1, 0.15) is 42.5 Å². The summed E-state index contributed by atoms with van der Waals surface area (Å²) in [5.41, 5.74) is 1.35. The van der Waals surface area contributed by atoms with Crippen LogP contribution in [-0.4, -0.2) is 35.9 Å². The summed E-state index contributed by atoms with van der Waals surface area (Å²) in [6.07, 6.45) is 5.31. The Balaban J connectivity index is 1.87. The molecule has 0 saturated heterocycles. The van der Waals surface area contributed by atoms with Gasteiger partial charge >= 0.3 is 0 Å². The van der Waals surface area contributed by atoms with E-state index in [4.69, 9.17) is 12.2 Å². The van der Waals surface area contributed by atoms with Crippen LogP contribution in [-0.2, 0) is 4.79 Å². The number of hydrogen-bond acceptors (Lipinski definition) is 3. The molecular weight excluding hydrogens is 310 g/mol. The van der Waals surface area contributed by atoms with Crippen LogP contribution in [0.3, 0.4) is 0 Å². The lowest BCUT2D eigenvalue weighted by Gasteiger charge is -2.21. The van der Waals surface area contributed by atoms with Gasteiger partial charge in [0.05, 0.1) is 0 Å². The third-order valence-corrected chi connectivity index (χ3v) is 4.21. The molecule has 0 spiro atoms. The van der Waals surface area contributed by atoms with Gasteiger partial charge in [-0.3, -0.25) is 9.59 Å². The van der Waals surface area contributed by atoms with Gasteiger partial charge in [-0.1, -0.05) is 19.3 Å². The summed E-state index contributed by atoms with van der Waals surface area (Å²) in [7, 11) is 3.43. The number of hydrogen-bond donors (Lipinski definition) is 2. The molecule has 1 saturated carbocycles. The molecule has 124 valence electrons. The van der Waals surface area contributed by atoms with Crippen molar-refractivity contribution in [3.05, 3.63) is 29.8 Å². The van der Waals surface area contributed by atoms with Gasteiger partial charge in [0.25, 0.3) is 5.91 Å². The van der Waals surface area contributed by atoms with Crippen molar-refractivity contribution in [2.45, 2.75) is 32.1 Å². The van der Waals surface area contributed by atoms with Crippen LogP contribution in [0.25, 0.3) is 0 Å². The van der Waals surface area contributed by atoms with Gasteiger partial charge in [0.1, 0.15) is 0 Å². The standard InChI is InChI=1S/C17H23N3O2S/c1-20(2)16(22)13-8-10-14(11-9-13)18-17(23)19-15(21)12-6-4-3-5-7-12/h8-12H,3-7H2,1-2H3,(H2,18,19,21,23). The highest BCUT2D eigenvalue weighted by Gasteiger charge is 2.21. The molecular formula is C17H23N3O2S. The maximum Gasteiger partial charge on any atom is 0.253 e. The Hall–Kier alpha value is -1.95. The average Bonchev–Trinajstić information content (AvgIpc) is 2.55. The minimum Gasteiger partial charge on any atom is -0.345 e. The van der Waals surface area contributed by atoms with Crippen LogP contribution >= 0.6 is 12.2 Å². The second-order valence-electron chi connectivity index (χ2n) is 6.06. The van der Waals surface area contributed by atoms with E-state index in [-0.39, 0.29) is 17.7 Å². The van der Waals surface area contributed by atoms with Gasteiger partial charge in [-0.15, -0.1) is 0 Å². The van der Waals surface area contributed by atoms with Gasteiger partial charge in [0.15, 0.2) is 5.11 Å². The molecule has 0 heterocycles. The Bertz CT molecular complexity index is 578. The van der Waals surface area contributed by atoms with Crippen molar-refractivity contribution in [2.75, 3.05) is 19.4 Å². The summed E-state index contributed by atoms with van der Waals surface area (Å²) < 4.78 is 0. The SMILES string of the molecule is CN(C)C(=O)c1ccc(NC(=S)NC(=O)C2CCCCC2)cc1. The molecule has 2 amide bonds. The maximum absolute atomic E-state index is 12.1. The predicted molar refractivity (Wildman–Crippen MR) is 95.4 cm³/mol. The van der Waals surface area contributed by atoms with E-state index in [1.165, 1.54) is 11.3 Å². The first-order valence-electron chi connectivity index (χ1n) is 7.91. The topological polar surface area (TPSA) is 61.4 Å². The number of anilines is 1. The lowest BCUT2D eigenvalue weighted by atomic mass is 9.89. The monoisotopic (exact) mass is 333 g/mol. The lowest BCUT2D eigenvalue weighted by Crippen LogP contribution is -2.39. The largest absolute Gasteiger partial charge is 0.345 e. The molecule has 0 unspecified atom stereocenters. The minimum atomic E-state index is -0.0512.